The monoisotopic (exact) mass is 324 g/mol. The second-order valence-electron chi connectivity index (χ2n) is 6.35. The van der Waals surface area contributed by atoms with Gasteiger partial charge in [-0.25, -0.2) is 9.97 Å². The molecule has 1 saturated carbocycles. The molecular weight excluding hydrogens is 304 g/mol. The minimum absolute atomic E-state index is 0.00947. The Bertz CT molecular complexity index is 883. The van der Waals surface area contributed by atoms with Gasteiger partial charge in [-0.3, -0.25) is 4.79 Å². The number of nitrogens with zero attached hydrogens (tertiary/aromatic N) is 2. The van der Waals surface area contributed by atoms with E-state index >= 15 is 0 Å². The number of carbonyl (C=O) groups excluding carboxylic acids is 1. The highest BCUT2D eigenvalue weighted by molar-refractivity contribution is 6.05. The standard InChI is InChI=1S/C18H20N4O2/c1-11(18(23)22-12-6-2-3-7-12)21-17-16-15(19-10-20-17)13-8-4-5-9-14(13)24-16/h4-5,8-12H,2-3,6-7H2,1H3,(H,22,23)(H,19,20,21)/t11-/m0/s1. The van der Waals surface area contributed by atoms with Crippen molar-refractivity contribution in [2.75, 3.05) is 5.32 Å². The van der Waals surface area contributed by atoms with Gasteiger partial charge < -0.3 is 15.1 Å². The third kappa shape index (κ3) is 2.68. The molecule has 6 heteroatoms. The van der Waals surface area contributed by atoms with E-state index in [2.05, 4.69) is 20.6 Å². The fraction of sp³-hybridized carbons (Fsp3) is 0.389. The van der Waals surface area contributed by atoms with E-state index in [1.54, 1.807) is 0 Å². The van der Waals surface area contributed by atoms with Crippen LogP contribution in [-0.2, 0) is 4.79 Å². The lowest BCUT2D eigenvalue weighted by Gasteiger charge is -2.18. The predicted octanol–water partition coefficient (Wildman–Crippen LogP) is 3.24. The molecule has 1 aliphatic carbocycles. The summed E-state index contributed by atoms with van der Waals surface area (Å²) in [5.41, 5.74) is 2.10. The number of para-hydroxylation sites is 1. The second kappa shape index (κ2) is 6.11. The van der Waals surface area contributed by atoms with E-state index in [4.69, 9.17) is 4.42 Å². The zero-order valence-corrected chi connectivity index (χ0v) is 13.6. The van der Waals surface area contributed by atoms with Gasteiger partial charge in [0.2, 0.25) is 5.91 Å². The molecule has 3 aromatic rings. The molecular formula is C18H20N4O2. The maximum Gasteiger partial charge on any atom is 0.242 e. The van der Waals surface area contributed by atoms with E-state index in [1.165, 1.54) is 19.2 Å². The lowest BCUT2D eigenvalue weighted by molar-refractivity contribution is -0.122. The summed E-state index contributed by atoms with van der Waals surface area (Å²) >= 11 is 0. The number of rotatable bonds is 4. The minimum atomic E-state index is -0.392. The van der Waals surface area contributed by atoms with Crippen LogP contribution in [0.2, 0.25) is 0 Å². The zero-order chi connectivity index (χ0) is 16.5. The normalized spacial score (nSPS) is 16.5. The third-order valence-corrected chi connectivity index (χ3v) is 4.61. The molecule has 0 radical (unpaired) electrons. The highest BCUT2D eigenvalue weighted by Crippen LogP contribution is 2.30. The van der Waals surface area contributed by atoms with Crippen molar-refractivity contribution < 1.29 is 9.21 Å². The molecule has 1 fully saturated rings. The number of hydrogen-bond donors (Lipinski definition) is 2. The average Bonchev–Trinajstić information content (AvgIpc) is 3.22. The number of amides is 1. The van der Waals surface area contributed by atoms with E-state index in [0.717, 1.165) is 29.3 Å². The summed E-state index contributed by atoms with van der Waals surface area (Å²) in [5, 5.41) is 7.21. The number of anilines is 1. The van der Waals surface area contributed by atoms with Crippen molar-refractivity contribution in [1.29, 1.82) is 0 Å². The Morgan fingerprint density at radius 1 is 1.25 bits per heavy atom. The lowest BCUT2D eigenvalue weighted by Crippen LogP contribution is -2.42. The average molecular weight is 324 g/mol. The molecule has 0 saturated heterocycles. The topological polar surface area (TPSA) is 80.1 Å². The molecule has 0 aliphatic heterocycles. The van der Waals surface area contributed by atoms with Crippen LogP contribution in [-0.4, -0.2) is 28.0 Å². The van der Waals surface area contributed by atoms with Crippen LogP contribution in [0.1, 0.15) is 32.6 Å². The molecule has 2 aromatic heterocycles. The minimum Gasteiger partial charge on any atom is -0.450 e. The number of hydrogen-bond acceptors (Lipinski definition) is 5. The predicted molar refractivity (Wildman–Crippen MR) is 92.8 cm³/mol. The smallest absolute Gasteiger partial charge is 0.242 e. The Morgan fingerprint density at radius 2 is 2.04 bits per heavy atom. The quantitative estimate of drug-likeness (QED) is 0.770. The molecule has 1 aliphatic rings. The number of furan rings is 1. The van der Waals surface area contributed by atoms with Crippen LogP contribution in [0.4, 0.5) is 5.82 Å². The second-order valence-corrected chi connectivity index (χ2v) is 6.35. The number of nitrogens with one attached hydrogen (secondary N) is 2. The van der Waals surface area contributed by atoms with Gasteiger partial charge in [0.25, 0.3) is 0 Å². The molecule has 4 rings (SSSR count). The molecule has 24 heavy (non-hydrogen) atoms. The van der Waals surface area contributed by atoms with Crippen molar-refractivity contribution in [2.24, 2.45) is 0 Å². The van der Waals surface area contributed by atoms with Gasteiger partial charge in [-0.2, -0.15) is 0 Å². The van der Waals surface area contributed by atoms with Crippen LogP contribution in [0.15, 0.2) is 35.0 Å². The van der Waals surface area contributed by atoms with Crippen molar-refractivity contribution in [1.82, 2.24) is 15.3 Å². The first-order valence-corrected chi connectivity index (χ1v) is 8.41. The van der Waals surface area contributed by atoms with Crippen molar-refractivity contribution >= 4 is 33.8 Å². The van der Waals surface area contributed by atoms with Crippen molar-refractivity contribution in [3.05, 3.63) is 30.6 Å². The maximum absolute atomic E-state index is 12.4. The molecule has 1 atom stereocenters. The van der Waals surface area contributed by atoms with Crippen LogP contribution in [0.5, 0.6) is 0 Å². The van der Waals surface area contributed by atoms with Crippen LogP contribution in [0.3, 0.4) is 0 Å². The Hall–Kier alpha value is -2.63. The van der Waals surface area contributed by atoms with Gasteiger partial charge in [0.15, 0.2) is 11.4 Å². The molecule has 1 aromatic carbocycles. The van der Waals surface area contributed by atoms with Crippen molar-refractivity contribution in [3.8, 4) is 0 Å². The van der Waals surface area contributed by atoms with E-state index in [0.29, 0.717) is 17.4 Å². The Kier molecular flexibility index (Phi) is 3.80. The molecule has 0 unspecified atom stereocenters. The summed E-state index contributed by atoms with van der Waals surface area (Å²) in [7, 11) is 0. The zero-order valence-electron chi connectivity index (χ0n) is 13.6. The van der Waals surface area contributed by atoms with Gasteiger partial charge in [0.05, 0.1) is 0 Å². The third-order valence-electron chi connectivity index (χ3n) is 4.61. The number of fused-ring (bicyclic) bond motifs is 3. The summed E-state index contributed by atoms with van der Waals surface area (Å²) in [6.45, 7) is 1.83. The first kappa shape index (κ1) is 14.9. The highest BCUT2D eigenvalue weighted by atomic mass is 16.3. The van der Waals surface area contributed by atoms with E-state index in [-0.39, 0.29) is 5.91 Å². The van der Waals surface area contributed by atoms with Crippen LogP contribution < -0.4 is 10.6 Å². The summed E-state index contributed by atoms with van der Waals surface area (Å²) in [5.74, 6) is 0.537. The van der Waals surface area contributed by atoms with Crippen LogP contribution in [0.25, 0.3) is 22.1 Å². The Labute approximate surface area is 139 Å². The number of carbonyl (C=O) groups is 1. The van der Waals surface area contributed by atoms with Gasteiger partial charge in [-0.05, 0) is 31.9 Å². The van der Waals surface area contributed by atoms with E-state index in [9.17, 15) is 4.79 Å². The molecule has 6 nitrogen and oxygen atoms in total. The van der Waals surface area contributed by atoms with E-state index in [1.807, 2.05) is 31.2 Å². The fourth-order valence-corrected chi connectivity index (χ4v) is 3.29. The summed E-state index contributed by atoms with van der Waals surface area (Å²) in [6.07, 6.45) is 6.02. The van der Waals surface area contributed by atoms with Gasteiger partial charge in [0.1, 0.15) is 23.5 Å². The van der Waals surface area contributed by atoms with Gasteiger partial charge in [0, 0.05) is 11.4 Å². The molecule has 0 spiro atoms. The van der Waals surface area contributed by atoms with Crippen molar-refractivity contribution in [2.45, 2.75) is 44.7 Å². The molecule has 124 valence electrons. The van der Waals surface area contributed by atoms with Crippen LogP contribution >= 0.6 is 0 Å². The molecule has 2 heterocycles. The molecule has 0 bridgehead atoms. The van der Waals surface area contributed by atoms with E-state index < -0.39 is 6.04 Å². The summed E-state index contributed by atoms with van der Waals surface area (Å²) < 4.78 is 5.88. The van der Waals surface area contributed by atoms with Crippen molar-refractivity contribution in [3.63, 3.8) is 0 Å². The lowest BCUT2D eigenvalue weighted by atomic mass is 10.2. The summed E-state index contributed by atoms with van der Waals surface area (Å²) in [4.78, 5) is 20.9. The Morgan fingerprint density at radius 3 is 2.88 bits per heavy atom. The molecule has 1 amide bonds. The first-order valence-electron chi connectivity index (χ1n) is 8.41. The van der Waals surface area contributed by atoms with Crippen LogP contribution in [0, 0.1) is 0 Å². The van der Waals surface area contributed by atoms with Gasteiger partial charge >= 0.3 is 0 Å². The first-order chi connectivity index (χ1) is 11.7. The Balaban J connectivity index is 1.58. The largest absolute Gasteiger partial charge is 0.450 e. The molecule has 2 N–H and O–H groups in total. The SMILES string of the molecule is C[C@H](Nc1ncnc2c1oc1ccccc12)C(=O)NC1CCCC1. The number of benzene rings is 1. The van der Waals surface area contributed by atoms with Gasteiger partial charge in [-0.1, -0.05) is 25.0 Å². The highest BCUT2D eigenvalue weighted by Gasteiger charge is 2.22. The van der Waals surface area contributed by atoms with Gasteiger partial charge in [-0.15, -0.1) is 0 Å². The maximum atomic E-state index is 12.4. The fourth-order valence-electron chi connectivity index (χ4n) is 3.29. The number of aromatic nitrogens is 2. The summed E-state index contributed by atoms with van der Waals surface area (Å²) in [6, 6.07) is 7.65.